The van der Waals surface area contributed by atoms with Crippen LogP contribution in [0.15, 0.2) is 42.5 Å². The summed E-state index contributed by atoms with van der Waals surface area (Å²) in [6.45, 7) is 6.78. The zero-order valence-corrected chi connectivity index (χ0v) is 22.0. The van der Waals surface area contributed by atoms with Gasteiger partial charge >= 0.3 is 5.97 Å². The van der Waals surface area contributed by atoms with E-state index in [4.69, 9.17) is 4.74 Å². The highest BCUT2D eigenvalue weighted by molar-refractivity contribution is 5.76. The van der Waals surface area contributed by atoms with E-state index in [-0.39, 0.29) is 11.9 Å². The summed E-state index contributed by atoms with van der Waals surface area (Å²) in [5, 5.41) is 9.53. The monoisotopic (exact) mass is 473 g/mol. The normalized spacial score (nSPS) is 18.6. The fraction of sp³-hybridized carbons (Fsp3) is 0.562. The Labute approximate surface area is 212 Å². The Kier molecular flexibility index (Phi) is 10.9. The van der Waals surface area contributed by atoms with Crippen molar-refractivity contribution in [3.8, 4) is 11.8 Å². The van der Waals surface area contributed by atoms with Crippen LogP contribution in [-0.4, -0.2) is 5.97 Å². The Morgan fingerprint density at radius 2 is 1.66 bits per heavy atom. The van der Waals surface area contributed by atoms with Crippen LogP contribution in [0.25, 0.3) is 0 Å². The van der Waals surface area contributed by atoms with Gasteiger partial charge in [0.15, 0.2) is 0 Å². The molecule has 0 bridgehead atoms. The van der Waals surface area contributed by atoms with Crippen LogP contribution in [0.5, 0.6) is 5.75 Å². The lowest BCUT2D eigenvalue weighted by Gasteiger charge is -2.27. The first-order valence-corrected chi connectivity index (χ1v) is 13.9. The molecule has 1 atom stereocenters. The molecule has 0 spiro atoms. The molecule has 3 heteroatoms. The van der Waals surface area contributed by atoms with Crippen LogP contribution in [0, 0.1) is 23.2 Å². The van der Waals surface area contributed by atoms with E-state index in [9.17, 15) is 10.1 Å². The highest BCUT2D eigenvalue weighted by Gasteiger charge is 2.29. The second kappa shape index (κ2) is 14.1. The van der Waals surface area contributed by atoms with Crippen LogP contribution in [0.4, 0.5) is 0 Å². The number of unbranched alkanes of at least 4 members (excludes halogenated alkanes) is 3. The molecule has 0 heterocycles. The second-order valence-corrected chi connectivity index (χ2v) is 10.6. The molecule has 1 saturated carbocycles. The van der Waals surface area contributed by atoms with Gasteiger partial charge in [0, 0.05) is 0 Å². The number of esters is 1. The molecule has 3 nitrogen and oxygen atoms in total. The molecule has 2 aromatic carbocycles. The van der Waals surface area contributed by atoms with Crippen LogP contribution in [0.1, 0.15) is 113 Å². The summed E-state index contributed by atoms with van der Waals surface area (Å²) in [6, 6.07) is 17.1. The maximum Gasteiger partial charge on any atom is 0.314 e. The highest BCUT2D eigenvalue weighted by Crippen LogP contribution is 2.37. The Morgan fingerprint density at radius 3 is 2.31 bits per heavy atom. The number of nitrogens with zero attached hydrogens (tertiary/aromatic N) is 1. The number of hydrogen-bond donors (Lipinski definition) is 0. The van der Waals surface area contributed by atoms with E-state index in [1.165, 1.54) is 36.8 Å². The maximum atomic E-state index is 12.8. The van der Waals surface area contributed by atoms with Gasteiger partial charge in [-0.15, -0.1) is 0 Å². The zero-order valence-electron chi connectivity index (χ0n) is 22.0. The summed E-state index contributed by atoms with van der Waals surface area (Å²) < 4.78 is 5.70. The van der Waals surface area contributed by atoms with E-state index in [2.05, 4.69) is 51.1 Å². The number of aryl methyl sites for hydroxylation is 1. The predicted molar refractivity (Wildman–Crippen MR) is 144 cm³/mol. The van der Waals surface area contributed by atoms with Crippen molar-refractivity contribution in [2.24, 2.45) is 11.8 Å². The Hall–Kier alpha value is -2.60. The van der Waals surface area contributed by atoms with Crippen LogP contribution in [0.2, 0.25) is 0 Å². The van der Waals surface area contributed by atoms with Gasteiger partial charge in [-0.3, -0.25) is 4.79 Å². The van der Waals surface area contributed by atoms with Crippen LogP contribution in [0.3, 0.4) is 0 Å². The van der Waals surface area contributed by atoms with Crippen molar-refractivity contribution in [1.29, 1.82) is 5.26 Å². The number of ether oxygens (including phenoxy) is 1. The third-order valence-electron chi connectivity index (χ3n) is 7.59. The van der Waals surface area contributed by atoms with E-state index >= 15 is 0 Å². The van der Waals surface area contributed by atoms with E-state index in [1.54, 1.807) is 6.07 Å². The number of benzene rings is 2. The topological polar surface area (TPSA) is 50.1 Å². The smallest absolute Gasteiger partial charge is 0.314 e. The minimum Gasteiger partial charge on any atom is -0.425 e. The molecule has 0 aliphatic heterocycles. The Morgan fingerprint density at radius 1 is 0.971 bits per heavy atom. The zero-order chi connectivity index (χ0) is 25.0. The van der Waals surface area contributed by atoms with E-state index in [0.717, 1.165) is 62.8 Å². The molecule has 1 aliphatic carbocycles. The van der Waals surface area contributed by atoms with Gasteiger partial charge in [0.1, 0.15) is 11.8 Å². The SMILES string of the molecule is CCCCCC(C)Cc1ccc(C2CCC(C(=O)Oc3ccc(CCCC)cc3C#N)CC2)cc1. The summed E-state index contributed by atoms with van der Waals surface area (Å²) in [5.41, 5.74) is 4.42. The first-order chi connectivity index (χ1) is 17.0. The van der Waals surface area contributed by atoms with Crippen LogP contribution < -0.4 is 4.74 Å². The fourth-order valence-corrected chi connectivity index (χ4v) is 5.32. The first-order valence-electron chi connectivity index (χ1n) is 13.9. The summed E-state index contributed by atoms with van der Waals surface area (Å²) in [6.07, 6.45) is 13.3. The molecule has 1 aliphatic rings. The molecule has 0 aromatic heterocycles. The quantitative estimate of drug-likeness (QED) is 0.176. The molecule has 1 fully saturated rings. The molecule has 0 saturated heterocycles. The number of carbonyl (C=O) groups is 1. The molecule has 1 unspecified atom stereocenters. The number of hydrogen-bond acceptors (Lipinski definition) is 3. The van der Waals surface area contributed by atoms with Crippen LogP contribution in [-0.2, 0) is 17.6 Å². The molecular weight excluding hydrogens is 430 g/mol. The van der Waals surface area contributed by atoms with Gasteiger partial charge < -0.3 is 4.74 Å². The van der Waals surface area contributed by atoms with Crippen molar-refractivity contribution in [2.45, 2.75) is 104 Å². The molecule has 0 radical (unpaired) electrons. The third kappa shape index (κ3) is 8.24. The van der Waals surface area contributed by atoms with Crippen molar-refractivity contribution < 1.29 is 9.53 Å². The largest absolute Gasteiger partial charge is 0.425 e. The van der Waals surface area contributed by atoms with E-state index < -0.39 is 0 Å². The third-order valence-corrected chi connectivity index (χ3v) is 7.59. The van der Waals surface area contributed by atoms with E-state index in [1.807, 2.05) is 12.1 Å². The lowest BCUT2D eigenvalue weighted by Crippen LogP contribution is -2.25. The lowest BCUT2D eigenvalue weighted by atomic mass is 9.78. The van der Waals surface area contributed by atoms with Crippen molar-refractivity contribution in [1.82, 2.24) is 0 Å². The van der Waals surface area contributed by atoms with Gasteiger partial charge in [-0.25, -0.2) is 0 Å². The minimum absolute atomic E-state index is 0.0826. The van der Waals surface area contributed by atoms with Gasteiger partial charge in [-0.2, -0.15) is 5.26 Å². The van der Waals surface area contributed by atoms with Crippen molar-refractivity contribution in [3.05, 3.63) is 64.7 Å². The summed E-state index contributed by atoms with van der Waals surface area (Å²) in [7, 11) is 0. The highest BCUT2D eigenvalue weighted by atomic mass is 16.5. The van der Waals surface area contributed by atoms with Crippen molar-refractivity contribution in [2.75, 3.05) is 0 Å². The van der Waals surface area contributed by atoms with Gasteiger partial charge in [0.2, 0.25) is 0 Å². The predicted octanol–water partition coefficient (Wildman–Crippen LogP) is 8.54. The molecule has 0 amide bonds. The summed E-state index contributed by atoms with van der Waals surface area (Å²) in [5.74, 6) is 1.39. The summed E-state index contributed by atoms with van der Waals surface area (Å²) >= 11 is 0. The Bertz CT molecular complexity index is 964. The lowest BCUT2D eigenvalue weighted by molar-refractivity contribution is -0.140. The average Bonchev–Trinajstić information content (AvgIpc) is 2.88. The number of carbonyl (C=O) groups excluding carboxylic acids is 1. The van der Waals surface area contributed by atoms with Gasteiger partial charge in [0.25, 0.3) is 0 Å². The average molecular weight is 474 g/mol. The van der Waals surface area contributed by atoms with Crippen LogP contribution >= 0.6 is 0 Å². The minimum atomic E-state index is -0.186. The first kappa shape index (κ1) is 27.0. The molecule has 2 aromatic rings. The molecular formula is C32H43NO2. The maximum absolute atomic E-state index is 12.8. The van der Waals surface area contributed by atoms with E-state index in [0.29, 0.717) is 17.2 Å². The molecule has 0 N–H and O–H groups in total. The molecule has 3 rings (SSSR count). The standard InChI is InChI=1S/C32H43NO2/c1-4-6-8-9-24(3)21-26-11-14-27(15-12-26)28-16-18-29(19-17-28)32(34)35-31-20-13-25(10-7-5-2)22-30(31)23-33/h11-15,20,22,24,28-29H,4-10,16-19,21H2,1-3H3. The molecule has 188 valence electrons. The van der Waals surface area contributed by atoms with Crippen molar-refractivity contribution in [3.63, 3.8) is 0 Å². The fourth-order valence-electron chi connectivity index (χ4n) is 5.32. The van der Waals surface area contributed by atoms with Crippen molar-refractivity contribution >= 4 is 5.97 Å². The Balaban J connectivity index is 1.49. The van der Waals surface area contributed by atoms with Gasteiger partial charge in [-0.1, -0.05) is 83.2 Å². The molecule has 35 heavy (non-hydrogen) atoms. The number of nitriles is 1. The van der Waals surface area contributed by atoms with Gasteiger partial charge in [0.05, 0.1) is 11.5 Å². The summed E-state index contributed by atoms with van der Waals surface area (Å²) in [4.78, 5) is 12.8. The number of rotatable bonds is 12. The van der Waals surface area contributed by atoms with Gasteiger partial charge in [-0.05, 0) is 85.6 Å². The second-order valence-electron chi connectivity index (χ2n) is 10.6.